The van der Waals surface area contributed by atoms with E-state index >= 15 is 0 Å². The van der Waals surface area contributed by atoms with Crippen molar-refractivity contribution in [3.63, 3.8) is 0 Å². The molecule has 2 amide bonds. The second kappa shape index (κ2) is 10.0. The molecular weight excluding hydrogens is 352 g/mol. The number of aliphatic hydroxyl groups is 1. The van der Waals surface area contributed by atoms with Gasteiger partial charge in [0.1, 0.15) is 6.04 Å². The highest BCUT2D eigenvalue weighted by molar-refractivity contribution is 5.88. The van der Waals surface area contributed by atoms with Gasteiger partial charge in [-0.05, 0) is 36.0 Å². The fourth-order valence-corrected chi connectivity index (χ4v) is 3.13. The number of carbonyl (C=O) groups excluding carboxylic acids is 2. The van der Waals surface area contributed by atoms with E-state index in [0.29, 0.717) is 18.8 Å². The van der Waals surface area contributed by atoms with Gasteiger partial charge in [0.15, 0.2) is 0 Å². The molecule has 0 saturated carbocycles. The molecule has 0 heterocycles. The Morgan fingerprint density at radius 3 is 2.00 bits per heavy atom. The van der Waals surface area contributed by atoms with Crippen molar-refractivity contribution in [3.8, 4) is 0 Å². The Labute approximate surface area is 167 Å². The molecule has 4 N–H and O–H groups in total. The monoisotopic (exact) mass is 382 g/mol. The predicted octanol–water partition coefficient (Wildman–Crippen LogP) is 2.56. The molecule has 0 fully saturated rings. The van der Waals surface area contributed by atoms with Crippen LogP contribution >= 0.6 is 0 Å². The van der Waals surface area contributed by atoms with Crippen LogP contribution in [0.3, 0.4) is 0 Å². The summed E-state index contributed by atoms with van der Waals surface area (Å²) in [6, 6.07) is 16.6. The molecule has 3 atom stereocenters. The number of hydrogen-bond acceptors (Lipinski definition) is 3. The summed E-state index contributed by atoms with van der Waals surface area (Å²) >= 11 is 0. The minimum absolute atomic E-state index is 0.317. The highest BCUT2D eigenvalue weighted by Crippen LogP contribution is 2.18. The first kappa shape index (κ1) is 21.6. The average Bonchev–Trinajstić information content (AvgIpc) is 2.66. The number of primary amides is 1. The lowest BCUT2D eigenvalue weighted by molar-refractivity contribution is -0.132. The molecule has 2 rings (SSSR count). The normalized spacial score (nSPS) is 14.3. The smallest absolute Gasteiger partial charge is 0.240 e. The fourth-order valence-electron chi connectivity index (χ4n) is 3.13. The van der Waals surface area contributed by atoms with Gasteiger partial charge < -0.3 is 16.2 Å². The third-order valence-electron chi connectivity index (χ3n) is 4.96. The largest absolute Gasteiger partial charge is 0.393 e. The van der Waals surface area contributed by atoms with Crippen LogP contribution in [-0.2, 0) is 22.4 Å². The Morgan fingerprint density at radius 2 is 1.50 bits per heavy atom. The second-order valence-electron chi connectivity index (χ2n) is 7.60. The molecule has 0 bridgehead atoms. The van der Waals surface area contributed by atoms with Gasteiger partial charge in [-0.25, -0.2) is 0 Å². The third-order valence-corrected chi connectivity index (χ3v) is 4.96. The molecule has 0 aliphatic rings. The Balaban J connectivity index is 2.08. The summed E-state index contributed by atoms with van der Waals surface area (Å²) in [6.45, 7) is 5.83. The zero-order valence-electron chi connectivity index (χ0n) is 16.8. The molecule has 0 aromatic heterocycles. The van der Waals surface area contributed by atoms with E-state index in [2.05, 4.69) is 19.2 Å². The number of nitrogens with one attached hydrogen (secondary N) is 1. The molecule has 150 valence electrons. The van der Waals surface area contributed by atoms with Crippen molar-refractivity contribution in [3.05, 3.63) is 71.3 Å². The lowest BCUT2D eigenvalue weighted by Gasteiger charge is -2.23. The number of rotatable bonds is 9. The Kier molecular flexibility index (Phi) is 7.76. The molecule has 0 aliphatic carbocycles. The lowest BCUT2D eigenvalue weighted by Crippen LogP contribution is -2.49. The van der Waals surface area contributed by atoms with Gasteiger partial charge in [0.2, 0.25) is 11.8 Å². The molecule has 2 aromatic carbocycles. The van der Waals surface area contributed by atoms with Crippen LogP contribution in [0.4, 0.5) is 0 Å². The highest BCUT2D eigenvalue weighted by Gasteiger charge is 2.28. The van der Waals surface area contributed by atoms with E-state index < -0.39 is 24.0 Å². The number of amides is 2. The number of benzene rings is 2. The number of aliphatic hydroxyl groups excluding tert-OH is 1. The molecule has 0 radical (unpaired) electrons. The van der Waals surface area contributed by atoms with E-state index in [4.69, 9.17) is 5.73 Å². The van der Waals surface area contributed by atoms with Gasteiger partial charge in [-0.2, -0.15) is 0 Å². The fraction of sp³-hybridized carbons (Fsp3) is 0.391. The van der Waals surface area contributed by atoms with Gasteiger partial charge >= 0.3 is 0 Å². The Bertz CT molecular complexity index is 770. The minimum atomic E-state index is -0.852. The number of carbonyl (C=O) groups is 2. The molecule has 0 aliphatic heterocycles. The van der Waals surface area contributed by atoms with E-state index in [1.807, 2.05) is 54.6 Å². The summed E-state index contributed by atoms with van der Waals surface area (Å²) in [5.74, 6) is -1.20. The van der Waals surface area contributed by atoms with E-state index in [1.54, 1.807) is 6.92 Å². The van der Waals surface area contributed by atoms with E-state index in [-0.39, 0.29) is 5.91 Å². The maximum absolute atomic E-state index is 12.8. The van der Waals surface area contributed by atoms with Crippen molar-refractivity contribution in [1.82, 2.24) is 5.32 Å². The van der Waals surface area contributed by atoms with E-state index in [9.17, 15) is 14.7 Å². The molecule has 0 unspecified atom stereocenters. The van der Waals surface area contributed by atoms with Crippen LogP contribution in [0, 0.1) is 5.92 Å². The third kappa shape index (κ3) is 6.20. The van der Waals surface area contributed by atoms with Gasteiger partial charge in [0, 0.05) is 6.42 Å². The molecule has 0 spiro atoms. The topological polar surface area (TPSA) is 92.4 Å². The second-order valence-corrected chi connectivity index (χ2v) is 7.60. The maximum Gasteiger partial charge on any atom is 0.240 e. The van der Waals surface area contributed by atoms with Crippen LogP contribution in [-0.4, -0.2) is 29.1 Å². The zero-order chi connectivity index (χ0) is 20.7. The van der Waals surface area contributed by atoms with Gasteiger partial charge in [-0.1, -0.05) is 68.4 Å². The Morgan fingerprint density at radius 1 is 0.929 bits per heavy atom. The molecule has 2 aromatic rings. The summed E-state index contributed by atoms with van der Waals surface area (Å²) in [5.41, 5.74) is 8.58. The van der Waals surface area contributed by atoms with Crippen molar-refractivity contribution >= 4 is 11.8 Å². The number of nitrogens with two attached hydrogens (primary N) is 1. The van der Waals surface area contributed by atoms with Crippen molar-refractivity contribution < 1.29 is 14.7 Å². The Hall–Kier alpha value is -2.66. The van der Waals surface area contributed by atoms with Crippen LogP contribution in [0.15, 0.2) is 54.6 Å². The maximum atomic E-state index is 12.8. The number of hydrogen-bond donors (Lipinski definition) is 3. The van der Waals surface area contributed by atoms with Crippen molar-refractivity contribution in [2.24, 2.45) is 11.7 Å². The van der Waals surface area contributed by atoms with Crippen molar-refractivity contribution in [1.29, 1.82) is 0 Å². The SMILES string of the molecule is CC(C)c1ccc(C[C@@H](C(=O)N[C@@H](Cc2ccccc2)C(N)=O)[C@@H](C)O)cc1. The molecule has 0 saturated heterocycles. The van der Waals surface area contributed by atoms with Gasteiger partial charge in [0.05, 0.1) is 12.0 Å². The van der Waals surface area contributed by atoms with Crippen LogP contribution in [0.25, 0.3) is 0 Å². The first-order chi connectivity index (χ1) is 13.3. The standard InChI is InChI=1S/C23H30N2O3/c1-15(2)19-11-9-18(10-12-19)13-20(16(3)26)23(28)25-21(22(24)27)14-17-7-5-4-6-8-17/h4-12,15-16,20-21,26H,13-14H2,1-3H3,(H2,24,27)(H,25,28)/t16-,20-,21+/m1/s1. The summed E-state index contributed by atoms with van der Waals surface area (Å²) < 4.78 is 0. The summed E-state index contributed by atoms with van der Waals surface area (Å²) in [7, 11) is 0. The van der Waals surface area contributed by atoms with Crippen LogP contribution in [0.5, 0.6) is 0 Å². The van der Waals surface area contributed by atoms with E-state index in [1.165, 1.54) is 5.56 Å². The van der Waals surface area contributed by atoms with Crippen LogP contribution in [0.2, 0.25) is 0 Å². The quantitative estimate of drug-likeness (QED) is 0.622. The summed E-state index contributed by atoms with van der Waals surface area (Å²) in [6.07, 6.45) is -0.147. The van der Waals surface area contributed by atoms with Crippen molar-refractivity contribution in [2.45, 2.75) is 51.7 Å². The molecule has 5 nitrogen and oxygen atoms in total. The average molecular weight is 383 g/mol. The summed E-state index contributed by atoms with van der Waals surface area (Å²) in [4.78, 5) is 24.6. The van der Waals surface area contributed by atoms with E-state index in [0.717, 1.165) is 11.1 Å². The first-order valence-electron chi connectivity index (χ1n) is 9.68. The van der Waals surface area contributed by atoms with Crippen LogP contribution < -0.4 is 11.1 Å². The minimum Gasteiger partial charge on any atom is -0.393 e. The molecular formula is C23H30N2O3. The van der Waals surface area contributed by atoms with Gasteiger partial charge in [0.25, 0.3) is 0 Å². The molecule has 5 heteroatoms. The first-order valence-corrected chi connectivity index (χ1v) is 9.68. The van der Waals surface area contributed by atoms with Crippen molar-refractivity contribution in [2.75, 3.05) is 0 Å². The summed E-state index contributed by atoms with van der Waals surface area (Å²) in [5, 5.41) is 12.9. The van der Waals surface area contributed by atoms with Gasteiger partial charge in [-0.3, -0.25) is 9.59 Å². The zero-order valence-corrected chi connectivity index (χ0v) is 16.8. The highest BCUT2D eigenvalue weighted by atomic mass is 16.3. The van der Waals surface area contributed by atoms with Gasteiger partial charge in [-0.15, -0.1) is 0 Å². The molecule has 28 heavy (non-hydrogen) atoms. The predicted molar refractivity (Wildman–Crippen MR) is 111 cm³/mol. The lowest BCUT2D eigenvalue weighted by atomic mass is 9.92. The van der Waals surface area contributed by atoms with Crippen LogP contribution in [0.1, 0.15) is 43.4 Å².